The van der Waals surface area contributed by atoms with Crippen molar-refractivity contribution >= 4 is 0 Å². The number of rotatable bonds is 4. The van der Waals surface area contributed by atoms with Crippen molar-refractivity contribution in [1.82, 2.24) is 9.55 Å². The molecule has 0 saturated heterocycles. The van der Waals surface area contributed by atoms with E-state index in [2.05, 4.69) is 11.9 Å². The molecule has 16 heavy (non-hydrogen) atoms. The Hall–Kier alpha value is -1.64. The van der Waals surface area contributed by atoms with Gasteiger partial charge >= 0.3 is 0 Å². The summed E-state index contributed by atoms with van der Waals surface area (Å²) in [6, 6.07) is 6.38. The van der Waals surface area contributed by atoms with Gasteiger partial charge in [-0.05, 0) is 30.7 Å². The van der Waals surface area contributed by atoms with Crippen molar-refractivity contribution in [2.45, 2.75) is 19.4 Å². The first kappa shape index (κ1) is 10.9. The predicted molar refractivity (Wildman–Crippen MR) is 62.2 cm³/mol. The number of imidazole rings is 1. The number of benzene rings is 1. The van der Waals surface area contributed by atoms with Crippen molar-refractivity contribution in [3.63, 3.8) is 0 Å². The third-order valence-electron chi connectivity index (χ3n) is 2.44. The highest BCUT2D eigenvalue weighted by Crippen LogP contribution is 2.17. The number of unbranched alkanes of at least 4 members (excludes halogenated alkanes) is 1. The van der Waals surface area contributed by atoms with Crippen LogP contribution in [0, 0.1) is 12.7 Å². The van der Waals surface area contributed by atoms with E-state index < -0.39 is 0 Å². The topological polar surface area (TPSA) is 17.8 Å². The molecular weight excluding hydrogens is 203 g/mol. The number of halogens is 1. The highest BCUT2D eigenvalue weighted by molar-refractivity contribution is 5.57. The Morgan fingerprint density at radius 3 is 2.69 bits per heavy atom. The fourth-order valence-electron chi connectivity index (χ4n) is 1.55. The van der Waals surface area contributed by atoms with E-state index in [1.54, 1.807) is 18.5 Å². The van der Waals surface area contributed by atoms with Gasteiger partial charge in [-0.25, -0.2) is 9.37 Å². The molecule has 0 spiro atoms. The second-order valence-corrected chi connectivity index (χ2v) is 3.71. The van der Waals surface area contributed by atoms with Crippen LogP contribution in [0.2, 0.25) is 0 Å². The van der Waals surface area contributed by atoms with Crippen molar-refractivity contribution in [3.05, 3.63) is 49.5 Å². The second kappa shape index (κ2) is 4.92. The van der Waals surface area contributed by atoms with Gasteiger partial charge in [0.25, 0.3) is 0 Å². The first-order valence-corrected chi connectivity index (χ1v) is 5.36. The lowest BCUT2D eigenvalue weighted by Gasteiger charge is -1.98. The number of aromatic nitrogens is 2. The van der Waals surface area contributed by atoms with Crippen molar-refractivity contribution in [3.8, 4) is 11.3 Å². The molecule has 0 amide bonds. The van der Waals surface area contributed by atoms with Crippen molar-refractivity contribution in [2.24, 2.45) is 0 Å². The minimum absolute atomic E-state index is 0.222. The third-order valence-corrected chi connectivity index (χ3v) is 2.44. The Labute approximate surface area is 94.8 Å². The highest BCUT2D eigenvalue weighted by Gasteiger charge is 2.01. The Morgan fingerprint density at radius 2 is 2.00 bits per heavy atom. The predicted octanol–water partition coefficient (Wildman–Crippen LogP) is 3.30. The first-order chi connectivity index (χ1) is 7.79. The molecule has 1 aromatic heterocycles. The molecule has 0 aliphatic carbocycles. The van der Waals surface area contributed by atoms with E-state index in [1.807, 2.05) is 10.8 Å². The summed E-state index contributed by atoms with van der Waals surface area (Å²) in [7, 11) is 0. The van der Waals surface area contributed by atoms with Gasteiger partial charge in [0, 0.05) is 18.3 Å². The second-order valence-electron chi connectivity index (χ2n) is 3.71. The maximum absolute atomic E-state index is 12.7. The Morgan fingerprint density at radius 1 is 1.25 bits per heavy atom. The van der Waals surface area contributed by atoms with Crippen LogP contribution in [0.1, 0.15) is 12.8 Å². The summed E-state index contributed by atoms with van der Waals surface area (Å²) in [5, 5.41) is 0. The Kier molecular flexibility index (Phi) is 3.34. The van der Waals surface area contributed by atoms with Gasteiger partial charge in [-0.3, -0.25) is 0 Å². The van der Waals surface area contributed by atoms with E-state index in [9.17, 15) is 4.39 Å². The van der Waals surface area contributed by atoms with Gasteiger partial charge in [0.1, 0.15) is 5.82 Å². The summed E-state index contributed by atoms with van der Waals surface area (Å²) in [4.78, 5) is 4.29. The summed E-state index contributed by atoms with van der Waals surface area (Å²) in [6.45, 7) is 4.73. The van der Waals surface area contributed by atoms with Crippen LogP contribution in [0.4, 0.5) is 4.39 Å². The number of hydrogen-bond donors (Lipinski definition) is 0. The van der Waals surface area contributed by atoms with E-state index in [0.717, 1.165) is 30.6 Å². The Bertz CT molecular complexity index is 445. The zero-order chi connectivity index (χ0) is 11.4. The third kappa shape index (κ3) is 2.48. The van der Waals surface area contributed by atoms with Crippen LogP contribution in [0.25, 0.3) is 11.3 Å². The minimum Gasteiger partial charge on any atom is -0.337 e. The van der Waals surface area contributed by atoms with E-state index in [-0.39, 0.29) is 5.82 Å². The number of aryl methyl sites for hydroxylation is 1. The maximum atomic E-state index is 12.7. The number of hydrogen-bond acceptors (Lipinski definition) is 1. The molecule has 83 valence electrons. The van der Waals surface area contributed by atoms with E-state index in [0.29, 0.717) is 0 Å². The van der Waals surface area contributed by atoms with E-state index >= 15 is 0 Å². The smallest absolute Gasteiger partial charge is 0.123 e. The molecule has 0 unspecified atom stereocenters. The van der Waals surface area contributed by atoms with Crippen molar-refractivity contribution < 1.29 is 4.39 Å². The Balaban J connectivity index is 2.15. The van der Waals surface area contributed by atoms with Gasteiger partial charge < -0.3 is 4.57 Å². The molecular formula is C13H14FN2. The average molecular weight is 217 g/mol. The molecule has 0 bridgehead atoms. The van der Waals surface area contributed by atoms with Crippen molar-refractivity contribution in [2.75, 3.05) is 0 Å². The van der Waals surface area contributed by atoms with Crippen LogP contribution >= 0.6 is 0 Å². The summed E-state index contributed by atoms with van der Waals surface area (Å²) >= 11 is 0. The largest absolute Gasteiger partial charge is 0.337 e. The quantitative estimate of drug-likeness (QED) is 0.768. The lowest BCUT2D eigenvalue weighted by Crippen LogP contribution is -1.92. The van der Waals surface area contributed by atoms with Crippen LogP contribution in [0.5, 0.6) is 0 Å². The SMILES string of the molecule is [CH2]CCCn1cnc(-c2ccc(F)cc2)c1. The molecule has 2 rings (SSSR count). The monoisotopic (exact) mass is 217 g/mol. The molecule has 2 nitrogen and oxygen atoms in total. The van der Waals surface area contributed by atoms with Gasteiger partial charge in [-0.2, -0.15) is 0 Å². The summed E-state index contributed by atoms with van der Waals surface area (Å²) in [5.41, 5.74) is 1.82. The molecule has 0 saturated carbocycles. The summed E-state index contributed by atoms with van der Waals surface area (Å²) in [5.74, 6) is -0.222. The molecule has 3 heteroatoms. The van der Waals surface area contributed by atoms with Crippen LogP contribution < -0.4 is 0 Å². The van der Waals surface area contributed by atoms with Gasteiger partial charge in [-0.15, -0.1) is 0 Å². The van der Waals surface area contributed by atoms with Gasteiger partial charge in [0.05, 0.1) is 12.0 Å². The van der Waals surface area contributed by atoms with Crippen LogP contribution in [-0.2, 0) is 6.54 Å². The molecule has 2 aromatic rings. The summed E-state index contributed by atoms with van der Waals surface area (Å²) in [6.07, 6.45) is 5.74. The fraction of sp³-hybridized carbons (Fsp3) is 0.231. The highest BCUT2D eigenvalue weighted by atomic mass is 19.1. The molecule has 0 N–H and O–H groups in total. The van der Waals surface area contributed by atoms with Crippen molar-refractivity contribution in [1.29, 1.82) is 0 Å². The average Bonchev–Trinajstić information content (AvgIpc) is 2.76. The van der Waals surface area contributed by atoms with Gasteiger partial charge in [-0.1, -0.05) is 13.3 Å². The molecule has 0 atom stereocenters. The van der Waals surface area contributed by atoms with Crippen LogP contribution in [0.3, 0.4) is 0 Å². The van der Waals surface area contributed by atoms with Crippen LogP contribution in [-0.4, -0.2) is 9.55 Å². The fourth-order valence-corrected chi connectivity index (χ4v) is 1.55. The van der Waals surface area contributed by atoms with E-state index in [1.165, 1.54) is 12.1 Å². The zero-order valence-corrected chi connectivity index (χ0v) is 9.06. The molecule has 1 radical (unpaired) electrons. The maximum Gasteiger partial charge on any atom is 0.123 e. The van der Waals surface area contributed by atoms with E-state index in [4.69, 9.17) is 0 Å². The lowest BCUT2D eigenvalue weighted by molar-refractivity contribution is 0.628. The summed E-state index contributed by atoms with van der Waals surface area (Å²) < 4.78 is 14.8. The van der Waals surface area contributed by atoms with Gasteiger partial charge in [0.15, 0.2) is 0 Å². The molecule has 0 aliphatic heterocycles. The number of nitrogens with zero attached hydrogens (tertiary/aromatic N) is 2. The molecule has 1 heterocycles. The standard InChI is InChI=1S/C13H14FN2/c1-2-3-8-16-9-13(15-10-16)11-4-6-12(14)7-5-11/h4-7,9-10H,1-3,8H2. The molecule has 0 aliphatic rings. The van der Waals surface area contributed by atoms with Crippen LogP contribution in [0.15, 0.2) is 36.8 Å². The first-order valence-electron chi connectivity index (χ1n) is 5.36. The van der Waals surface area contributed by atoms with Gasteiger partial charge in [0.2, 0.25) is 0 Å². The minimum atomic E-state index is -0.222. The zero-order valence-electron chi connectivity index (χ0n) is 9.06. The molecule has 1 aromatic carbocycles. The lowest BCUT2D eigenvalue weighted by atomic mass is 10.2. The molecule has 0 fully saturated rings. The normalized spacial score (nSPS) is 10.6.